The summed E-state index contributed by atoms with van der Waals surface area (Å²) >= 11 is 1.41. The molecule has 3 heterocycles. The van der Waals surface area contributed by atoms with Crippen molar-refractivity contribution in [1.29, 1.82) is 0 Å². The Morgan fingerprint density at radius 1 is 1.25 bits per heavy atom. The maximum Gasteiger partial charge on any atom is 0.233 e. The fraction of sp³-hybridized carbons (Fsp3) is 0.167. The smallest absolute Gasteiger partial charge is 0.233 e. The van der Waals surface area contributed by atoms with Crippen LogP contribution in [0.2, 0.25) is 0 Å². The maximum atomic E-state index is 12.5. The average molecular weight is 337 g/mol. The van der Waals surface area contributed by atoms with Crippen molar-refractivity contribution in [2.75, 3.05) is 11.9 Å². The van der Waals surface area contributed by atoms with Crippen LogP contribution >= 0.6 is 11.3 Å². The van der Waals surface area contributed by atoms with Crippen LogP contribution in [-0.4, -0.2) is 22.5 Å². The van der Waals surface area contributed by atoms with E-state index in [1.807, 2.05) is 41.8 Å². The maximum absolute atomic E-state index is 12.5. The molecule has 2 aromatic heterocycles. The highest BCUT2D eigenvalue weighted by atomic mass is 32.1. The molecule has 1 aliphatic rings. The van der Waals surface area contributed by atoms with Gasteiger partial charge in [0.1, 0.15) is 12.4 Å². The average Bonchev–Trinajstić information content (AvgIpc) is 3.10. The zero-order chi connectivity index (χ0) is 16.4. The summed E-state index contributed by atoms with van der Waals surface area (Å²) in [5, 5.41) is 5.41. The number of benzene rings is 1. The summed E-state index contributed by atoms with van der Waals surface area (Å²) in [6.07, 6.45) is 4.16. The quantitative estimate of drug-likeness (QED) is 0.796. The molecule has 0 radical (unpaired) electrons. The molecule has 1 N–H and O–H groups in total. The van der Waals surface area contributed by atoms with Crippen molar-refractivity contribution < 1.29 is 9.53 Å². The number of amides is 1. The van der Waals surface area contributed by atoms with Gasteiger partial charge in [-0.15, -0.1) is 11.3 Å². The Bertz CT molecular complexity index is 863. The van der Waals surface area contributed by atoms with E-state index < -0.39 is 0 Å². The Balaban J connectivity index is 1.45. The highest BCUT2D eigenvalue weighted by molar-refractivity contribution is 7.14. The van der Waals surface area contributed by atoms with Gasteiger partial charge < -0.3 is 10.1 Å². The van der Waals surface area contributed by atoms with Gasteiger partial charge in [0.05, 0.1) is 11.6 Å². The molecule has 4 rings (SSSR count). The minimum atomic E-state index is -0.203. The first kappa shape index (κ1) is 14.8. The fourth-order valence-corrected chi connectivity index (χ4v) is 3.40. The molecular weight excluding hydrogens is 322 g/mol. The molecule has 1 aliphatic heterocycles. The van der Waals surface area contributed by atoms with Crippen molar-refractivity contribution in [3.8, 4) is 17.0 Å². The second-order valence-corrected chi connectivity index (χ2v) is 6.45. The van der Waals surface area contributed by atoms with Crippen molar-refractivity contribution in [3.63, 3.8) is 0 Å². The Morgan fingerprint density at radius 3 is 3.04 bits per heavy atom. The van der Waals surface area contributed by atoms with Gasteiger partial charge >= 0.3 is 0 Å². The van der Waals surface area contributed by atoms with E-state index in [2.05, 4.69) is 15.3 Å². The summed E-state index contributed by atoms with van der Waals surface area (Å²) < 4.78 is 5.68. The molecule has 5 nitrogen and oxygen atoms in total. The molecule has 0 aliphatic carbocycles. The van der Waals surface area contributed by atoms with Gasteiger partial charge in [-0.05, 0) is 30.2 Å². The van der Waals surface area contributed by atoms with Crippen molar-refractivity contribution in [2.24, 2.45) is 5.92 Å². The molecule has 0 bridgehead atoms. The Hall–Kier alpha value is -2.73. The lowest BCUT2D eigenvalue weighted by Gasteiger charge is -2.24. The van der Waals surface area contributed by atoms with E-state index in [-0.39, 0.29) is 11.8 Å². The zero-order valence-corrected chi connectivity index (χ0v) is 13.6. The SMILES string of the molecule is O=C(Nc1nc(-c2cccnc2)cs1)C1COc2ccccc2C1. The molecule has 0 fully saturated rings. The third kappa shape index (κ3) is 3.00. The Morgan fingerprint density at radius 2 is 2.17 bits per heavy atom. The third-order valence-electron chi connectivity index (χ3n) is 3.94. The number of aromatic nitrogens is 2. The lowest BCUT2D eigenvalue weighted by molar-refractivity contribution is -0.121. The Labute approximate surface area is 143 Å². The number of carbonyl (C=O) groups is 1. The molecular formula is C18H15N3O2S. The van der Waals surface area contributed by atoms with Crippen LogP contribution in [0.25, 0.3) is 11.3 Å². The van der Waals surface area contributed by atoms with Gasteiger partial charge in [-0.1, -0.05) is 18.2 Å². The summed E-state index contributed by atoms with van der Waals surface area (Å²) in [4.78, 5) is 21.0. The van der Waals surface area contributed by atoms with Crippen molar-refractivity contribution in [2.45, 2.75) is 6.42 Å². The van der Waals surface area contributed by atoms with E-state index in [9.17, 15) is 4.79 Å². The first-order valence-corrected chi connectivity index (χ1v) is 8.55. The van der Waals surface area contributed by atoms with Gasteiger partial charge in [-0.25, -0.2) is 4.98 Å². The highest BCUT2D eigenvalue weighted by Gasteiger charge is 2.26. The number of carbonyl (C=O) groups excluding carboxylic acids is 1. The molecule has 0 spiro atoms. The third-order valence-corrected chi connectivity index (χ3v) is 4.70. The first-order chi connectivity index (χ1) is 11.8. The molecule has 120 valence electrons. The number of nitrogens with one attached hydrogen (secondary N) is 1. The van der Waals surface area contributed by atoms with Crippen LogP contribution in [0.1, 0.15) is 5.56 Å². The lowest BCUT2D eigenvalue weighted by atomic mass is 9.96. The monoisotopic (exact) mass is 337 g/mol. The number of pyridine rings is 1. The fourth-order valence-electron chi connectivity index (χ4n) is 2.68. The van der Waals surface area contributed by atoms with Crippen molar-refractivity contribution in [3.05, 3.63) is 59.7 Å². The number of ether oxygens (including phenoxy) is 1. The molecule has 6 heteroatoms. The normalized spacial score (nSPS) is 16.1. The molecule has 3 aromatic rings. The summed E-state index contributed by atoms with van der Waals surface area (Å²) in [7, 11) is 0. The molecule has 1 unspecified atom stereocenters. The van der Waals surface area contributed by atoms with Gasteiger partial charge in [0, 0.05) is 23.3 Å². The number of nitrogens with zero attached hydrogens (tertiary/aromatic N) is 2. The van der Waals surface area contributed by atoms with E-state index >= 15 is 0 Å². The van der Waals surface area contributed by atoms with Crippen LogP contribution in [0, 0.1) is 5.92 Å². The zero-order valence-electron chi connectivity index (χ0n) is 12.8. The van der Waals surface area contributed by atoms with Crippen LogP contribution in [0.15, 0.2) is 54.2 Å². The largest absolute Gasteiger partial charge is 0.492 e. The number of rotatable bonds is 3. The predicted octanol–water partition coefficient (Wildman–Crippen LogP) is 3.39. The van der Waals surface area contributed by atoms with Crippen LogP contribution in [0.3, 0.4) is 0 Å². The standard InChI is InChI=1S/C18H15N3O2S/c22-17(14-8-12-4-1-2-6-16(12)23-10-14)21-18-20-15(11-24-18)13-5-3-7-19-9-13/h1-7,9,11,14H,8,10H2,(H,20,21,22). The number of thiazole rings is 1. The topological polar surface area (TPSA) is 64.1 Å². The molecule has 0 saturated carbocycles. The first-order valence-electron chi connectivity index (χ1n) is 7.67. The second-order valence-electron chi connectivity index (χ2n) is 5.59. The number of anilines is 1. The highest BCUT2D eigenvalue weighted by Crippen LogP contribution is 2.28. The van der Waals surface area contributed by atoms with Crippen molar-refractivity contribution in [1.82, 2.24) is 9.97 Å². The summed E-state index contributed by atoms with van der Waals surface area (Å²) in [5.74, 6) is 0.608. The van der Waals surface area contributed by atoms with E-state index in [0.717, 1.165) is 22.6 Å². The van der Waals surface area contributed by atoms with Crippen LogP contribution in [-0.2, 0) is 11.2 Å². The molecule has 1 amide bonds. The summed E-state index contributed by atoms with van der Waals surface area (Å²) in [6.45, 7) is 0.393. The van der Waals surface area contributed by atoms with E-state index in [0.29, 0.717) is 18.2 Å². The van der Waals surface area contributed by atoms with Gasteiger partial charge in [0.15, 0.2) is 5.13 Å². The Kier molecular flexibility index (Phi) is 3.96. The van der Waals surface area contributed by atoms with Crippen LogP contribution in [0.4, 0.5) is 5.13 Å². The minimum Gasteiger partial charge on any atom is -0.492 e. The van der Waals surface area contributed by atoms with Gasteiger partial charge in [0.25, 0.3) is 0 Å². The van der Waals surface area contributed by atoms with Crippen LogP contribution in [0.5, 0.6) is 5.75 Å². The molecule has 0 saturated heterocycles. The predicted molar refractivity (Wildman–Crippen MR) is 93.1 cm³/mol. The lowest BCUT2D eigenvalue weighted by Crippen LogP contribution is -2.32. The number of fused-ring (bicyclic) bond motifs is 1. The number of hydrogen-bond acceptors (Lipinski definition) is 5. The van der Waals surface area contributed by atoms with Gasteiger partial charge in [0.2, 0.25) is 5.91 Å². The molecule has 1 atom stereocenters. The summed E-state index contributed by atoms with van der Waals surface area (Å²) in [6, 6.07) is 11.6. The minimum absolute atomic E-state index is 0.0587. The summed E-state index contributed by atoms with van der Waals surface area (Å²) in [5.41, 5.74) is 2.82. The second kappa shape index (κ2) is 6.41. The van der Waals surface area contributed by atoms with E-state index in [1.165, 1.54) is 11.3 Å². The van der Waals surface area contributed by atoms with Gasteiger partial charge in [-0.2, -0.15) is 0 Å². The van der Waals surface area contributed by atoms with E-state index in [1.54, 1.807) is 12.4 Å². The van der Waals surface area contributed by atoms with Crippen molar-refractivity contribution >= 4 is 22.4 Å². The van der Waals surface area contributed by atoms with E-state index in [4.69, 9.17) is 4.74 Å². The van der Waals surface area contributed by atoms with Gasteiger partial charge in [-0.3, -0.25) is 9.78 Å². The number of para-hydroxylation sites is 1. The molecule has 24 heavy (non-hydrogen) atoms. The molecule has 1 aromatic carbocycles. The number of hydrogen-bond donors (Lipinski definition) is 1. The van der Waals surface area contributed by atoms with Crippen LogP contribution < -0.4 is 10.1 Å².